The minimum Gasteiger partial charge on any atom is -0.348 e. The summed E-state index contributed by atoms with van der Waals surface area (Å²) in [7, 11) is -3.62. The fraction of sp³-hybridized carbons (Fsp3) is 0.381. The first-order valence-corrected chi connectivity index (χ1v) is 10.8. The van der Waals surface area contributed by atoms with E-state index in [1.54, 1.807) is 25.1 Å². The second kappa shape index (κ2) is 8.13. The molecule has 0 saturated carbocycles. The molecule has 0 heterocycles. The average Bonchev–Trinajstić information content (AvgIpc) is 2.55. The number of carbonyl (C=O) groups excluding carboxylic acids is 1. The highest BCUT2D eigenvalue weighted by Gasteiger charge is 2.30. The summed E-state index contributed by atoms with van der Waals surface area (Å²) in [5.74, 6) is -0.338. The molecule has 0 radical (unpaired) electrons. The molecule has 0 aliphatic carbocycles. The zero-order valence-electron chi connectivity index (χ0n) is 16.8. The summed E-state index contributed by atoms with van der Waals surface area (Å²) in [6, 6.07) is 12.1. The van der Waals surface area contributed by atoms with E-state index in [1.807, 2.05) is 52.0 Å². The normalized spacial score (nSPS) is 13.7. The van der Waals surface area contributed by atoms with Crippen molar-refractivity contribution in [3.8, 4) is 0 Å². The third kappa shape index (κ3) is 5.10. The van der Waals surface area contributed by atoms with E-state index in [2.05, 4.69) is 5.32 Å². The van der Waals surface area contributed by atoms with Crippen molar-refractivity contribution in [3.05, 3.63) is 64.7 Å². The number of nitrogens with one attached hydrogen (secondary N) is 1. The number of sulfonamides is 1. The largest absolute Gasteiger partial charge is 0.348 e. The molecule has 27 heavy (non-hydrogen) atoms. The van der Waals surface area contributed by atoms with Crippen LogP contribution < -0.4 is 9.62 Å². The van der Waals surface area contributed by atoms with E-state index in [1.165, 1.54) is 4.31 Å². The highest BCUT2D eigenvalue weighted by Crippen LogP contribution is 2.23. The molecule has 0 saturated heterocycles. The number of hydrogen-bond donors (Lipinski definition) is 1. The second-order valence-electron chi connectivity index (χ2n) is 7.16. The van der Waals surface area contributed by atoms with Crippen LogP contribution in [0.15, 0.2) is 42.5 Å². The number of aryl methyl sites for hydroxylation is 3. The van der Waals surface area contributed by atoms with Crippen molar-refractivity contribution in [2.45, 2.75) is 46.7 Å². The third-order valence-electron chi connectivity index (χ3n) is 4.60. The second-order valence-corrected chi connectivity index (χ2v) is 9.02. The summed E-state index contributed by atoms with van der Waals surface area (Å²) in [4.78, 5) is 12.9. The van der Waals surface area contributed by atoms with Crippen LogP contribution in [0.4, 0.5) is 5.69 Å². The molecule has 0 aliphatic heterocycles. The SMILES string of the molecule is Cc1cccc(N([C@H](C)C(=O)N[C@@H](C)c2cc(C)ccc2C)S(C)(=O)=O)c1. The molecule has 5 nitrogen and oxygen atoms in total. The van der Waals surface area contributed by atoms with E-state index in [0.29, 0.717) is 5.69 Å². The van der Waals surface area contributed by atoms with Crippen molar-refractivity contribution >= 4 is 21.6 Å². The van der Waals surface area contributed by atoms with Crippen LogP contribution in [-0.2, 0) is 14.8 Å². The van der Waals surface area contributed by atoms with Crippen LogP contribution in [0, 0.1) is 20.8 Å². The van der Waals surface area contributed by atoms with Crippen molar-refractivity contribution < 1.29 is 13.2 Å². The Balaban J connectivity index is 2.28. The van der Waals surface area contributed by atoms with Crippen LogP contribution >= 0.6 is 0 Å². The fourth-order valence-electron chi connectivity index (χ4n) is 3.21. The first-order chi connectivity index (χ1) is 12.5. The molecule has 2 aromatic carbocycles. The molecule has 1 amide bonds. The Bertz CT molecular complexity index is 938. The van der Waals surface area contributed by atoms with Crippen LogP contribution in [0.2, 0.25) is 0 Å². The number of amides is 1. The molecule has 0 aromatic heterocycles. The quantitative estimate of drug-likeness (QED) is 0.821. The van der Waals surface area contributed by atoms with Gasteiger partial charge >= 0.3 is 0 Å². The topological polar surface area (TPSA) is 66.5 Å². The minimum absolute atomic E-state index is 0.223. The molecule has 6 heteroatoms. The first-order valence-electron chi connectivity index (χ1n) is 8.94. The van der Waals surface area contributed by atoms with E-state index in [0.717, 1.165) is 28.5 Å². The van der Waals surface area contributed by atoms with Crippen molar-refractivity contribution in [3.63, 3.8) is 0 Å². The Morgan fingerprint density at radius 2 is 1.63 bits per heavy atom. The van der Waals surface area contributed by atoms with Gasteiger partial charge in [-0.1, -0.05) is 35.9 Å². The van der Waals surface area contributed by atoms with Gasteiger partial charge in [0.2, 0.25) is 15.9 Å². The number of benzene rings is 2. The fourth-order valence-corrected chi connectivity index (χ4v) is 4.38. The third-order valence-corrected chi connectivity index (χ3v) is 5.85. The molecule has 0 unspecified atom stereocenters. The van der Waals surface area contributed by atoms with Crippen LogP contribution in [0.5, 0.6) is 0 Å². The van der Waals surface area contributed by atoms with Gasteiger partial charge in [0.05, 0.1) is 18.0 Å². The van der Waals surface area contributed by atoms with Gasteiger partial charge in [-0.05, 0) is 63.4 Å². The summed E-state index contributed by atoms with van der Waals surface area (Å²) < 4.78 is 26.0. The van der Waals surface area contributed by atoms with Gasteiger partial charge in [0.15, 0.2) is 0 Å². The van der Waals surface area contributed by atoms with E-state index in [-0.39, 0.29) is 11.9 Å². The molecule has 2 atom stereocenters. The maximum absolute atomic E-state index is 12.9. The molecule has 2 aromatic rings. The van der Waals surface area contributed by atoms with Gasteiger partial charge < -0.3 is 5.32 Å². The Labute approximate surface area is 162 Å². The van der Waals surface area contributed by atoms with Crippen molar-refractivity contribution in [2.75, 3.05) is 10.6 Å². The van der Waals surface area contributed by atoms with Gasteiger partial charge in [-0.25, -0.2) is 8.42 Å². The number of anilines is 1. The molecule has 0 bridgehead atoms. The van der Waals surface area contributed by atoms with Gasteiger partial charge in [0, 0.05) is 0 Å². The van der Waals surface area contributed by atoms with Crippen molar-refractivity contribution in [1.29, 1.82) is 0 Å². The zero-order valence-corrected chi connectivity index (χ0v) is 17.6. The first kappa shape index (κ1) is 21.0. The lowest BCUT2D eigenvalue weighted by Gasteiger charge is -2.29. The Hall–Kier alpha value is -2.34. The van der Waals surface area contributed by atoms with Gasteiger partial charge in [-0.15, -0.1) is 0 Å². The summed E-state index contributed by atoms with van der Waals surface area (Å²) >= 11 is 0. The number of rotatable bonds is 6. The van der Waals surface area contributed by atoms with Crippen LogP contribution in [0.25, 0.3) is 0 Å². The highest BCUT2D eigenvalue weighted by atomic mass is 32.2. The molecular formula is C21H28N2O3S. The Kier molecular flexibility index (Phi) is 6.31. The zero-order chi connectivity index (χ0) is 20.4. The molecule has 0 spiro atoms. The number of nitrogens with zero attached hydrogens (tertiary/aromatic N) is 1. The van der Waals surface area contributed by atoms with E-state index in [4.69, 9.17) is 0 Å². The van der Waals surface area contributed by atoms with Gasteiger partial charge in [-0.2, -0.15) is 0 Å². The summed E-state index contributed by atoms with van der Waals surface area (Å²) in [5.41, 5.74) is 4.64. The van der Waals surface area contributed by atoms with Crippen molar-refractivity contribution in [2.24, 2.45) is 0 Å². The van der Waals surface area contributed by atoms with Crippen LogP contribution in [0.1, 0.15) is 42.1 Å². The molecular weight excluding hydrogens is 360 g/mol. The summed E-state index contributed by atoms with van der Waals surface area (Å²) in [6.07, 6.45) is 1.12. The summed E-state index contributed by atoms with van der Waals surface area (Å²) in [5, 5.41) is 2.96. The Morgan fingerprint density at radius 3 is 2.22 bits per heavy atom. The van der Waals surface area contributed by atoms with Gasteiger partial charge in [-0.3, -0.25) is 9.10 Å². The predicted molar refractivity (Wildman–Crippen MR) is 110 cm³/mol. The monoisotopic (exact) mass is 388 g/mol. The average molecular weight is 389 g/mol. The summed E-state index contributed by atoms with van der Waals surface area (Å²) in [6.45, 7) is 9.40. The van der Waals surface area contributed by atoms with E-state index < -0.39 is 16.1 Å². The predicted octanol–water partition coefficient (Wildman–Crippen LogP) is 3.64. The van der Waals surface area contributed by atoms with E-state index in [9.17, 15) is 13.2 Å². The number of hydrogen-bond acceptors (Lipinski definition) is 3. The maximum atomic E-state index is 12.9. The molecule has 0 aliphatic rings. The molecule has 2 rings (SSSR count). The lowest BCUT2D eigenvalue weighted by atomic mass is 10.00. The lowest BCUT2D eigenvalue weighted by molar-refractivity contribution is -0.122. The van der Waals surface area contributed by atoms with Gasteiger partial charge in [0.25, 0.3) is 0 Å². The minimum atomic E-state index is -3.62. The lowest BCUT2D eigenvalue weighted by Crippen LogP contribution is -2.48. The number of carbonyl (C=O) groups is 1. The smallest absolute Gasteiger partial charge is 0.244 e. The van der Waals surface area contributed by atoms with Crippen LogP contribution in [-0.4, -0.2) is 26.6 Å². The van der Waals surface area contributed by atoms with Crippen LogP contribution in [0.3, 0.4) is 0 Å². The van der Waals surface area contributed by atoms with Crippen molar-refractivity contribution in [1.82, 2.24) is 5.32 Å². The molecule has 0 fully saturated rings. The molecule has 146 valence electrons. The van der Waals surface area contributed by atoms with E-state index >= 15 is 0 Å². The van der Waals surface area contributed by atoms with Gasteiger partial charge in [0.1, 0.15) is 6.04 Å². The highest BCUT2D eigenvalue weighted by molar-refractivity contribution is 7.92. The Morgan fingerprint density at radius 1 is 1.00 bits per heavy atom. The standard InChI is InChI=1S/C21H28N2O3S/c1-14-8-7-9-19(12-14)23(27(6,25)26)18(5)21(24)22-17(4)20-13-15(2)10-11-16(20)3/h7-13,17-18H,1-6H3,(H,22,24)/t17-,18+/m0/s1. The maximum Gasteiger partial charge on any atom is 0.244 e. The molecule has 1 N–H and O–H groups in total.